The lowest BCUT2D eigenvalue weighted by Gasteiger charge is -2.17. The highest BCUT2D eigenvalue weighted by molar-refractivity contribution is 5.79. The molecule has 0 saturated heterocycles. The smallest absolute Gasteiger partial charge is 0.223 e. The van der Waals surface area contributed by atoms with E-state index in [0.29, 0.717) is 6.54 Å². The molecule has 114 valence electrons. The summed E-state index contributed by atoms with van der Waals surface area (Å²) in [7, 11) is 1.88. The number of carbonyl (C=O) groups excluding carboxylic acids is 1. The summed E-state index contributed by atoms with van der Waals surface area (Å²) >= 11 is 0. The number of aryl methyl sites for hydroxylation is 1. The van der Waals surface area contributed by atoms with Gasteiger partial charge in [-0.25, -0.2) is 0 Å². The lowest BCUT2D eigenvalue weighted by Crippen LogP contribution is -2.30. The SMILES string of the molecule is Cn1cc(-c2cc(CNC(=O)C3CC=CCC3)ccn2)cn1. The van der Waals surface area contributed by atoms with Gasteiger partial charge in [-0.3, -0.25) is 14.5 Å². The average Bonchev–Trinajstić information content (AvgIpc) is 3.00. The molecule has 0 aliphatic heterocycles. The number of rotatable bonds is 4. The molecule has 2 heterocycles. The van der Waals surface area contributed by atoms with Crippen LogP contribution in [0, 0.1) is 5.92 Å². The number of carbonyl (C=O) groups is 1. The van der Waals surface area contributed by atoms with Gasteiger partial charge in [0.05, 0.1) is 11.9 Å². The van der Waals surface area contributed by atoms with Gasteiger partial charge in [0, 0.05) is 37.5 Å². The number of allylic oxidation sites excluding steroid dienone is 2. The normalized spacial score (nSPS) is 17.4. The van der Waals surface area contributed by atoms with Crippen molar-refractivity contribution in [1.82, 2.24) is 20.1 Å². The van der Waals surface area contributed by atoms with Crippen molar-refractivity contribution in [2.75, 3.05) is 0 Å². The predicted molar refractivity (Wildman–Crippen MR) is 84.8 cm³/mol. The molecule has 0 fully saturated rings. The van der Waals surface area contributed by atoms with Gasteiger partial charge in [0.15, 0.2) is 0 Å². The maximum atomic E-state index is 12.2. The summed E-state index contributed by atoms with van der Waals surface area (Å²) in [6.07, 6.45) is 12.5. The molecule has 1 atom stereocenters. The van der Waals surface area contributed by atoms with Crippen LogP contribution in [0.4, 0.5) is 0 Å². The zero-order valence-electron chi connectivity index (χ0n) is 12.7. The van der Waals surface area contributed by atoms with Crippen LogP contribution in [0.15, 0.2) is 42.9 Å². The molecule has 3 rings (SSSR count). The average molecular weight is 296 g/mol. The summed E-state index contributed by atoms with van der Waals surface area (Å²) in [5, 5.41) is 7.19. The van der Waals surface area contributed by atoms with Crippen molar-refractivity contribution in [2.24, 2.45) is 13.0 Å². The van der Waals surface area contributed by atoms with Gasteiger partial charge in [-0.2, -0.15) is 5.10 Å². The Morgan fingerprint density at radius 1 is 1.45 bits per heavy atom. The Bertz CT molecular complexity index is 689. The zero-order chi connectivity index (χ0) is 15.4. The van der Waals surface area contributed by atoms with Gasteiger partial charge in [-0.1, -0.05) is 12.2 Å². The van der Waals surface area contributed by atoms with Crippen LogP contribution in [0.3, 0.4) is 0 Å². The highest BCUT2D eigenvalue weighted by atomic mass is 16.1. The fraction of sp³-hybridized carbons (Fsp3) is 0.353. The number of aromatic nitrogens is 3. The minimum Gasteiger partial charge on any atom is -0.352 e. The molecule has 2 aromatic heterocycles. The topological polar surface area (TPSA) is 59.8 Å². The van der Waals surface area contributed by atoms with Crippen LogP contribution in [0.1, 0.15) is 24.8 Å². The molecule has 1 unspecified atom stereocenters. The summed E-state index contributed by atoms with van der Waals surface area (Å²) in [6.45, 7) is 0.537. The fourth-order valence-electron chi connectivity index (χ4n) is 2.66. The van der Waals surface area contributed by atoms with Crippen LogP contribution in [0.5, 0.6) is 0 Å². The molecular weight excluding hydrogens is 276 g/mol. The van der Waals surface area contributed by atoms with E-state index in [1.165, 1.54) is 0 Å². The first-order valence-corrected chi connectivity index (χ1v) is 7.59. The van der Waals surface area contributed by atoms with Crippen LogP contribution >= 0.6 is 0 Å². The van der Waals surface area contributed by atoms with Gasteiger partial charge < -0.3 is 5.32 Å². The molecule has 1 N–H and O–H groups in total. The van der Waals surface area contributed by atoms with E-state index in [-0.39, 0.29) is 11.8 Å². The number of pyridine rings is 1. The summed E-state index contributed by atoms with van der Waals surface area (Å²) in [6, 6.07) is 3.93. The first-order valence-electron chi connectivity index (χ1n) is 7.59. The molecule has 0 bridgehead atoms. The van der Waals surface area contributed by atoms with Gasteiger partial charge in [-0.15, -0.1) is 0 Å². The van der Waals surface area contributed by atoms with Gasteiger partial charge in [-0.05, 0) is 37.0 Å². The molecule has 1 aliphatic rings. The Kier molecular flexibility index (Phi) is 4.32. The van der Waals surface area contributed by atoms with Gasteiger partial charge in [0.25, 0.3) is 0 Å². The third-order valence-electron chi connectivity index (χ3n) is 3.93. The molecule has 1 amide bonds. The predicted octanol–water partition coefficient (Wildman–Crippen LogP) is 2.45. The van der Waals surface area contributed by atoms with E-state index in [1.54, 1.807) is 17.1 Å². The Balaban J connectivity index is 1.63. The molecule has 22 heavy (non-hydrogen) atoms. The highest BCUT2D eigenvalue weighted by Crippen LogP contribution is 2.19. The third-order valence-corrected chi connectivity index (χ3v) is 3.93. The minimum atomic E-state index is 0.115. The largest absolute Gasteiger partial charge is 0.352 e. The Morgan fingerprint density at radius 3 is 3.09 bits per heavy atom. The monoisotopic (exact) mass is 296 g/mol. The minimum absolute atomic E-state index is 0.115. The van der Waals surface area contributed by atoms with E-state index in [9.17, 15) is 4.79 Å². The van der Waals surface area contributed by atoms with E-state index in [0.717, 1.165) is 36.1 Å². The molecule has 1 aliphatic carbocycles. The number of hydrogen-bond acceptors (Lipinski definition) is 3. The first-order chi connectivity index (χ1) is 10.7. The second-order valence-electron chi connectivity index (χ2n) is 5.65. The zero-order valence-corrected chi connectivity index (χ0v) is 12.7. The van der Waals surface area contributed by atoms with Crippen molar-refractivity contribution in [3.63, 3.8) is 0 Å². The maximum Gasteiger partial charge on any atom is 0.223 e. The maximum absolute atomic E-state index is 12.2. The summed E-state index contributed by atoms with van der Waals surface area (Å²) in [5.74, 6) is 0.258. The molecule has 5 heteroatoms. The van der Waals surface area contributed by atoms with Gasteiger partial charge in [0.2, 0.25) is 5.91 Å². The van der Waals surface area contributed by atoms with E-state index >= 15 is 0 Å². The quantitative estimate of drug-likeness (QED) is 0.882. The van der Waals surface area contributed by atoms with E-state index < -0.39 is 0 Å². The summed E-state index contributed by atoms with van der Waals surface area (Å²) < 4.78 is 1.75. The molecule has 0 saturated carbocycles. The fourth-order valence-corrected chi connectivity index (χ4v) is 2.66. The molecule has 5 nitrogen and oxygen atoms in total. The Labute approximate surface area is 130 Å². The van der Waals surface area contributed by atoms with Crippen molar-refractivity contribution in [1.29, 1.82) is 0 Å². The number of nitrogens with zero attached hydrogens (tertiary/aromatic N) is 3. The number of amides is 1. The second kappa shape index (κ2) is 6.56. The molecule has 2 aromatic rings. The van der Waals surface area contributed by atoms with Crippen molar-refractivity contribution in [3.8, 4) is 11.3 Å². The third kappa shape index (κ3) is 3.42. The summed E-state index contributed by atoms with van der Waals surface area (Å²) in [4.78, 5) is 16.5. The van der Waals surface area contributed by atoms with Crippen LogP contribution in [0.25, 0.3) is 11.3 Å². The van der Waals surface area contributed by atoms with E-state index in [4.69, 9.17) is 0 Å². The molecule has 0 radical (unpaired) electrons. The van der Waals surface area contributed by atoms with E-state index in [2.05, 4.69) is 27.6 Å². The Hall–Kier alpha value is -2.43. The van der Waals surface area contributed by atoms with Gasteiger partial charge >= 0.3 is 0 Å². The number of hydrogen-bond donors (Lipinski definition) is 1. The molecule has 0 aromatic carbocycles. The van der Waals surface area contributed by atoms with Crippen molar-refractivity contribution in [3.05, 3.63) is 48.4 Å². The van der Waals surface area contributed by atoms with E-state index in [1.807, 2.05) is 25.4 Å². The highest BCUT2D eigenvalue weighted by Gasteiger charge is 2.18. The lowest BCUT2D eigenvalue weighted by molar-refractivity contribution is -0.125. The van der Waals surface area contributed by atoms with Crippen molar-refractivity contribution in [2.45, 2.75) is 25.8 Å². The summed E-state index contributed by atoms with van der Waals surface area (Å²) in [5.41, 5.74) is 2.90. The van der Waals surface area contributed by atoms with Crippen molar-refractivity contribution < 1.29 is 4.79 Å². The second-order valence-corrected chi connectivity index (χ2v) is 5.65. The van der Waals surface area contributed by atoms with Crippen LogP contribution < -0.4 is 5.32 Å². The number of nitrogens with one attached hydrogen (secondary N) is 1. The van der Waals surface area contributed by atoms with Crippen LogP contribution in [0.2, 0.25) is 0 Å². The van der Waals surface area contributed by atoms with Crippen molar-refractivity contribution >= 4 is 5.91 Å². The molecule has 0 spiro atoms. The lowest BCUT2D eigenvalue weighted by atomic mass is 9.93. The Morgan fingerprint density at radius 2 is 2.36 bits per heavy atom. The molecular formula is C17H20N4O. The van der Waals surface area contributed by atoms with Crippen LogP contribution in [-0.2, 0) is 18.4 Å². The van der Waals surface area contributed by atoms with Crippen LogP contribution in [-0.4, -0.2) is 20.7 Å². The first kappa shape index (κ1) is 14.5. The van der Waals surface area contributed by atoms with Gasteiger partial charge in [0.1, 0.15) is 0 Å². The standard InChI is InChI=1S/C17H20N4O/c1-21-12-15(11-20-21)16-9-13(7-8-18-16)10-19-17(22)14-5-3-2-4-6-14/h2-3,7-9,11-12,14H,4-6,10H2,1H3,(H,19,22).